The highest BCUT2D eigenvalue weighted by atomic mass is 32.2. The highest BCUT2D eigenvalue weighted by molar-refractivity contribution is 7.98. The Kier molecular flexibility index (Phi) is 7.31. The van der Waals surface area contributed by atoms with Crippen molar-refractivity contribution < 1.29 is 19.5 Å². The van der Waals surface area contributed by atoms with E-state index in [-0.39, 0.29) is 12.5 Å². The molecular weight excluding hydrogens is 292 g/mol. The fourth-order valence-corrected chi connectivity index (χ4v) is 2.06. The topological polar surface area (TPSA) is 95.5 Å². The summed E-state index contributed by atoms with van der Waals surface area (Å²) in [5, 5.41) is 13.8. The highest BCUT2D eigenvalue weighted by Gasteiger charge is 2.19. The van der Waals surface area contributed by atoms with Gasteiger partial charge in [0.2, 0.25) is 5.91 Å². The number of nitrogens with one attached hydrogen (secondary N) is 2. The Morgan fingerprint density at radius 2 is 1.90 bits per heavy atom. The average Bonchev–Trinajstić information content (AvgIpc) is 2.49. The molecule has 1 aromatic rings. The first-order valence-corrected chi connectivity index (χ1v) is 7.78. The van der Waals surface area contributed by atoms with Gasteiger partial charge in [-0.25, -0.2) is 4.79 Å². The Balaban J connectivity index is 2.42. The van der Waals surface area contributed by atoms with Gasteiger partial charge >= 0.3 is 5.97 Å². The third kappa shape index (κ3) is 6.31. The number of benzene rings is 1. The molecular formula is C14H18N2O4S. The first-order valence-electron chi connectivity index (χ1n) is 6.39. The molecule has 0 unspecified atom stereocenters. The summed E-state index contributed by atoms with van der Waals surface area (Å²) in [5.74, 6) is -1.34. The van der Waals surface area contributed by atoms with E-state index in [1.165, 1.54) is 11.8 Å². The molecule has 21 heavy (non-hydrogen) atoms. The zero-order valence-electron chi connectivity index (χ0n) is 11.7. The molecule has 114 valence electrons. The lowest BCUT2D eigenvalue weighted by Gasteiger charge is -2.14. The maximum atomic E-state index is 11.7. The lowest BCUT2D eigenvalue weighted by atomic mass is 10.2. The van der Waals surface area contributed by atoms with Gasteiger partial charge in [-0.1, -0.05) is 18.2 Å². The molecule has 0 spiro atoms. The molecule has 6 nitrogen and oxygen atoms in total. The molecule has 0 bridgehead atoms. The molecule has 0 aliphatic rings. The summed E-state index contributed by atoms with van der Waals surface area (Å²) in [6, 6.07) is 7.55. The predicted molar refractivity (Wildman–Crippen MR) is 81.3 cm³/mol. The maximum absolute atomic E-state index is 11.7. The second kappa shape index (κ2) is 9.02. The van der Waals surface area contributed by atoms with Crippen molar-refractivity contribution in [1.29, 1.82) is 0 Å². The van der Waals surface area contributed by atoms with Crippen molar-refractivity contribution in [3.05, 3.63) is 35.9 Å². The molecule has 1 rings (SSSR count). The lowest BCUT2D eigenvalue weighted by Crippen LogP contribution is -2.45. The van der Waals surface area contributed by atoms with Crippen LogP contribution >= 0.6 is 11.8 Å². The van der Waals surface area contributed by atoms with E-state index < -0.39 is 17.9 Å². The number of amides is 2. The van der Waals surface area contributed by atoms with Crippen LogP contribution < -0.4 is 10.6 Å². The van der Waals surface area contributed by atoms with Gasteiger partial charge in [-0.3, -0.25) is 9.59 Å². The quantitative estimate of drug-likeness (QED) is 0.658. The van der Waals surface area contributed by atoms with Crippen LogP contribution in [0, 0.1) is 0 Å². The van der Waals surface area contributed by atoms with E-state index in [0.29, 0.717) is 17.7 Å². The van der Waals surface area contributed by atoms with Crippen molar-refractivity contribution in [2.75, 3.05) is 18.6 Å². The van der Waals surface area contributed by atoms with Crippen molar-refractivity contribution >= 4 is 29.5 Å². The van der Waals surface area contributed by atoms with Crippen molar-refractivity contribution in [2.45, 2.75) is 12.5 Å². The van der Waals surface area contributed by atoms with Gasteiger partial charge < -0.3 is 15.7 Å². The summed E-state index contributed by atoms with van der Waals surface area (Å²) in [5.41, 5.74) is 0.447. The number of carboxylic acids is 1. The molecule has 7 heteroatoms. The number of hydrogen-bond donors (Lipinski definition) is 3. The minimum atomic E-state index is -1.08. The second-order valence-corrected chi connectivity index (χ2v) is 5.27. The molecule has 0 aliphatic heterocycles. The zero-order valence-corrected chi connectivity index (χ0v) is 12.5. The van der Waals surface area contributed by atoms with Gasteiger partial charge in [0, 0.05) is 5.56 Å². The average molecular weight is 310 g/mol. The van der Waals surface area contributed by atoms with Crippen LogP contribution in [0.5, 0.6) is 0 Å². The van der Waals surface area contributed by atoms with Gasteiger partial charge in [0.1, 0.15) is 6.04 Å². The third-order valence-electron chi connectivity index (χ3n) is 2.69. The van der Waals surface area contributed by atoms with Crippen LogP contribution in [0.25, 0.3) is 0 Å². The summed E-state index contributed by atoms with van der Waals surface area (Å²) in [6.07, 6.45) is 2.20. The second-order valence-electron chi connectivity index (χ2n) is 4.29. The Morgan fingerprint density at radius 1 is 1.24 bits per heavy atom. The van der Waals surface area contributed by atoms with Crippen molar-refractivity contribution in [2.24, 2.45) is 0 Å². The molecule has 1 aromatic carbocycles. The van der Waals surface area contributed by atoms with Gasteiger partial charge in [-0.05, 0) is 30.6 Å². The smallest absolute Gasteiger partial charge is 0.326 e. The number of carbonyl (C=O) groups is 3. The molecule has 2 amide bonds. The normalized spacial score (nSPS) is 11.5. The van der Waals surface area contributed by atoms with Gasteiger partial charge in [0.05, 0.1) is 6.54 Å². The van der Waals surface area contributed by atoms with E-state index in [2.05, 4.69) is 10.6 Å². The Hall–Kier alpha value is -2.02. The van der Waals surface area contributed by atoms with Crippen LogP contribution in [0.4, 0.5) is 0 Å². The van der Waals surface area contributed by atoms with Crippen molar-refractivity contribution in [3.63, 3.8) is 0 Å². The minimum Gasteiger partial charge on any atom is -0.480 e. The van der Waals surface area contributed by atoms with Gasteiger partial charge in [0.15, 0.2) is 0 Å². The minimum absolute atomic E-state index is 0.253. The van der Waals surface area contributed by atoms with Gasteiger partial charge in [0.25, 0.3) is 5.91 Å². The van der Waals surface area contributed by atoms with E-state index in [9.17, 15) is 14.4 Å². The number of carboxylic acid groups (broad SMARTS) is 1. The number of aliphatic carboxylic acids is 1. The standard InChI is InChI=1S/C14H18N2O4S/c1-21-8-7-11(14(19)20)16-12(17)9-15-13(18)10-5-3-2-4-6-10/h2-6,11H,7-9H2,1H3,(H,15,18)(H,16,17)(H,19,20)/t11-/m0/s1. The maximum Gasteiger partial charge on any atom is 0.326 e. The highest BCUT2D eigenvalue weighted by Crippen LogP contribution is 2.01. The van der Waals surface area contributed by atoms with E-state index >= 15 is 0 Å². The van der Waals surface area contributed by atoms with E-state index in [0.717, 1.165) is 0 Å². The molecule has 1 atom stereocenters. The molecule has 0 radical (unpaired) electrons. The number of hydrogen-bond acceptors (Lipinski definition) is 4. The van der Waals surface area contributed by atoms with Crippen LogP contribution in [0.15, 0.2) is 30.3 Å². The van der Waals surface area contributed by atoms with Crippen LogP contribution in [-0.2, 0) is 9.59 Å². The van der Waals surface area contributed by atoms with E-state index in [4.69, 9.17) is 5.11 Å². The predicted octanol–water partition coefficient (Wildman–Crippen LogP) is 0.739. The number of rotatable bonds is 8. The Bertz CT molecular complexity index is 493. The molecule has 0 aromatic heterocycles. The fourth-order valence-electron chi connectivity index (χ4n) is 1.59. The van der Waals surface area contributed by atoms with Gasteiger partial charge in [-0.2, -0.15) is 11.8 Å². The van der Waals surface area contributed by atoms with Gasteiger partial charge in [-0.15, -0.1) is 0 Å². The summed E-state index contributed by atoms with van der Waals surface area (Å²) < 4.78 is 0. The monoisotopic (exact) mass is 310 g/mol. The van der Waals surface area contributed by atoms with Crippen molar-refractivity contribution in [1.82, 2.24) is 10.6 Å². The number of thioether (sulfide) groups is 1. The molecule has 0 fully saturated rings. The molecule has 0 saturated carbocycles. The molecule has 3 N–H and O–H groups in total. The Morgan fingerprint density at radius 3 is 2.48 bits per heavy atom. The summed E-state index contributed by atoms with van der Waals surface area (Å²) in [7, 11) is 0. The summed E-state index contributed by atoms with van der Waals surface area (Å²) in [4.78, 5) is 34.4. The zero-order chi connectivity index (χ0) is 15.7. The van der Waals surface area contributed by atoms with Crippen molar-refractivity contribution in [3.8, 4) is 0 Å². The molecule has 0 saturated heterocycles. The van der Waals surface area contributed by atoms with Crippen LogP contribution in [0.2, 0.25) is 0 Å². The van der Waals surface area contributed by atoms with E-state index in [1.54, 1.807) is 30.3 Å². The van der Waals surface area contributed by atoms with Crippen LogP contribution in [0.1, 0.15) is 16.8 Å². The molecule has 0 heterocycles. The van der Waals surface area contributed by atoms with Crippen LogP contribution in [0.3, 0.4) is 0 Å². The first kappa shape index (κ1) is 17.0. The summed E-state index contributed by atoms with van der Waals surface area (Å²) >= 11 is 1.51. The first-order chi connectivity index (χ1) is 10.0. The fraction of sp³-hybridized carbons (Fsp3) is 0.357. The summed E-state index contributed by atoms with van der Waals surface area (Å²) in [6.45, 7) is -0.253. The Labute approximate surface area is 127 Å². The SMILES string of the molecule is CSCC[C@H](NC(=O)CNC(=O)c1ccccc1)C(=O)O. The molecule has 0 aliphatic carbocycles. The largest absolute Gasteiger partial charge is 0.480 e. The van der Waals surface area contributed by atoms with Crippen LogP contribution in [-0.4, -0.2) is 47.5 Å². The third-order valence-corrected chi connectivity index (χ3v) is 3.33. The lowest BCUT2D eigenvalue weighted by molar-refractivity contribution is -0.141. The number of carbonyl (C=O) groups excluding carboxylic acids is 2. The van der Waals surface area contributed by atoms with E-state index in [1.807, 2.05) is 6.26 Å².